The molecule has 29 nitrogen and oxygen atoms in total. The van der Waals surface area contributed by atoms with Gasteiger partial charge in [-0.25, -0.2) is 9.13 Å². The Bertz CT molecular complexity index is 2470. The molecular formula is C88H167N5O24P2. The second kappa shape index (κ2) is 81.7. The summed E-state index contributed by atoms with van der Waals surface area (Å²) in [6, 6.07) is 0. The standard InChI is InChI=1S/C88H167N5O24P2/c1-5-9-13-17-21-25-29-33-37-41-45-49-53-57-85(102)110-74-78(116-87(104)59-55-51-47-43-39-35-31-27-23-19-15-11-7-3)76-114-118(106,107)112-67-61-89-80(94)69-92(72-83(98)99)65-63-91(71-82(96)97)64-66-93(73-84(100)101)70-81(95)90-62-68-113-119(108,109)115-77-79(117-88(105)60-56-52-48-44-40-36-32-28-24-20-16-12-8-4)75-111-86(103)58-54-50-46-42-38-34-30-26-22-18-14-10-6-2/h78-79H,5-77H2,1-4H3,(H,89,94)(H,90,95)(H,96,97)(H,98,99)(H,100,101)(H,106,107)(H,108,109)/t78-,79-/m1/s1. The number of hydrogen-bond acceptors (Lipinski definition) is 22. The molecule has 698 valence electrons. The van der Waals surface area contributed by atoms with Crippen molar-refractivity contribution in [1.82, 2.24) is 25.3 Å². The first-order valence-electron chi connectivity index (χ1n) is 46.7. The predicted octanol–water partition coefficient (Wildman–Crippen LogP) is 18.5. The number of nitrogens with one attached hydrogen (secondary N) is 2. The van der Waals surface area contributed by atoms with Crippen molar-refractivity contribution < 1.29 is 114 Å². The maximum Gasteiger partial charge on any atom is 0.472 e. The fourth-order valence-corrected chi connectivity index (χ4v) is 15.4. The SMILES string of the molecule is CCCCCCCCCCCCCCCC(=O)OC[C@H](COP(=O)(O)OCCNC(=O)CN(CCN(CCN(CC(=O)O)CC(=O)NCCOP(=O)(O)OC[C@@H](COC(=O)CCCCCCCCCCCCCCC)OC(=O)CCCCCCCCCCCCCCC)CC(=O)O)CC(=O)O)OC(=O)CCCCCCCCCCCCCCC. The molecule has 0 spiro atoms. The number of amides is 2. The van der Waals surface area contributed by atoms with Gasteiger partial charge in [0.15, 0.2) is 12.2 Å². The van der Waals surface area contributed by atoms with E-state index in [4.69, 9.17) is 37.0 Å². The highest BCUT2D eigenvalue weighted by Crippen LogP contribution is 2.44. The number of rotatable bonds is 92. The number of phosphoric ester groups is 2. The van der Waals surface area contributed by atoms with Crippen molar-refractivity contribution >= 4 is 69.2 Å². The van der Waals surface area contributed by atoms with Gasteiger partial charge in [0.2, 0.25) is 11.8 Å². The van der Waals surface area contributed by atoms with E-state index in [0.29, 0.717) is 25.7 Å². The summed E-state index contributed by atoms with van der Waals surface area (Å²) in [6.07, 6.45) is 57.0. The van der Waals surface area contributed by atoms with E-state index in [1.165, 1.54) is 220 Å². The molecular weight excluding hydrogens is 1570 g/mol. The quantitative estimate of drug-likeness (QED) is 0.0129. The molecule has 0 rings (SSSR count). The predicted molar refractivity (Wildman–Crippen MR) is 465 cm³/mol. The van der Waals surface area contributed by atoms with Gasteiger partial charge >= 0.3 is 57.4 Å². The maximum atomic E-state index is 13.2. The van der Waals surface area contributed by atoms with E-state index < -0.39 is 154 Å². The largest absolute Gasteiger partial charge is 0.480 e. The first kappa shape index (κ1) is 114. The average molecular weight is 1740 g/mol. The summed E-state index contributed by atoms with van der Waals surface area (Å²) in [7, 11) is -9.74. The molecule has 0 aromatic rings. The lowest BCUT2D eigenvalue weighted by Gasteiger charge is -2.28. The molecule has 4 atom stereocenters. The van der Waals surface area contributed by atoms with Crippen LogP contribution in [0.25, 0.3) is 0 Å². The summed E-state index contributed by atoms with van der Waals surface area (Å²) < 4.78 is 68.9. The number of phosphoric acid groups is 2. The Morgan fingerprint density at radius 1 is 0.277 bits per heavy atom. The summed E-state index contributed by atoms with van der Waals surface area (Å²) >= 11 is 0. The van der Waals surface area contributed by atoms with Gasteiger partial charge in [0.05, 0.1) is 59.2 Å². The van der Waals surface area contributed by atoms with Crippen molar-refractivity contribution in [2.24, 2.45) is 0 Å². The minimum Gasteiger partial charge on any atom is -0.480 e. The van der Waals surface area contributed by atoms with Gasteiger partial charge in [-0.1, -0.05) is 336 Å². The number of carboxylic acids is 3. The topological polar surface area (TPSA) is 397 Å². The Morgan fingerprint density at radius 3 is 0.723 bits per heavy atom. The fraction of sp³-hybridized carbons (Fsp3) is 0.898. The maximum absolute atomic E-state index is 13.2. The highest BCUT2D eigenvalue weighted by molar-refractivity contribution is 7.47. The lowest BCUT2D eigenvalue weighted by molar-refractivity contribution is -0.161. The fourth-order valence-electron chi connectivity index (χ4n) is 13.9. The number of unbranched alkanes of at least 4 members (excludes halogenated alkanes) is 48. The van der Waals surface area contributed by atoms with E-state index >= 15 is 0 Å². The molecule has 0 saturated carbocycles. The molecule has 0 radical (unpaired) electrons. The zero-order valence-electron chi connectivity index (χ0n) is 74.5. The van der Waals surface area contributed by atoms with Crippen LogP contribution in [0.15, 0.2) is 0 Å². The lowest BCUT2D eigenvalue weighted by atomic mass is 10.0. The molecule has 0 aliphatic carbocycles. The second-order valence-electron chi connectivity index (χ2n) is 32.3. The van der Waals surface area contributed by atoms with E-state index in [1.54, 1.807) is 0 Å². The van der Waals surface area contributed by atoms with Crippen molar-refractivity contribution in [1.29, 1.82) is 0 Å². The Kier molecular flexibility index (Phi) is 78.5. The van der Waals surface area contributed by atoms with Crippen LogP contribution in [0.4, 0.5) is 0 Å². The van der Waals surface area contributed by atoms with Gasteiger partial charge in [0.25, 0.3) is 0 Å². The molecule has 0 aromatic carbocycles. The van der Waals surface area contributed by atoms with Crippen LogP contribution in [0.2, 0.25) is 0 Å². The normalized spacial score (nSPS) is 13.1. The molecule has 0 aromatic heterocycles. The Balaban J connectivity index is 5.49. The second-order valence-corrected chi connectivity index (χ2v) is 35.2. The van der Waals surface area contributed by atoms with Gasteiger partial charge in [-0.05, 0) is 25.7 Å². The van der Waals surface area contributed by atoms with Crippen molar-refractivity contribution in [2.45, 2.75) is 399 Å². The molecule has 31 heteroatoms. The number of nitrogens with zero attached hydrogens (tertiary/aromatic N) is 3. The van der Waals surface area contributed by atoms with E-state index in [1.807, 2.05) is 0 Å². The number of carbonyl (C=O) groups excluding carboxylic acids is 6. The number of aliphatic carboxylic acids is 3. The molecule has 0 bridgehead atoms. The zero-order chi connectivity index (χ0) is 87.8. The summed E-state index contributed by atoms with van der Waals surface area (Å²) in [5, 5.41) is 34.2. The van der Waals surface area contributed by atoms with Crippen LogP contribution in [0, 0.1) is 0 Å². The van der Waals surface area contributed by atoms with Crippen LogP contribution in [-0.2, 0) is 89.3 Å². The van der Waals surface area contributed by atoms with Crippen molar-refractivity contribution in [2.75, 3.05) is 112 Å². The molecule has 2 amide bonds. The molecule has 0 saturated heterocycles. The Hall–Kier alpha value is -4.67. The number of esters is 4. The van der Waals surface area contributed by atoms with Gasteiger partial charge in [-0.15, -0.1) is 0 Å². The zero-order valence-corrected chi connectivity index (χ0v) is 76.3. The number of ether oxygens (including phenoxy) is 4. The third-order valence-electron chi connectivity index (χ3n) is 20.9. The van der Waals surface area contributed by atoms with Crippen LogP contribution in [0.1, 0.15) is 387 Å². The van der Waals surface area contributed by atoms with E-state index in [9.17, 15) is 77.4 Å². The summed E-state index contributed by atoms with van der Waals surface area (Å²) in [4.78, 5) is 139. The molecule has 7 N–H and O–H groups in total. The van der Waals surface area contributed by atoms with E-state index in [0.717, 1.165) is 103 Å². The highest BCUT2D eigenvalue weighted by Gasteiger charge is 2.29. The molecule has 0 fully saturated rings. The summed E-state index contributed by atoms with van der Waals surface area (Å²) in [5.74, 6) is -7.63. The summed E-state index contributed by atoms with van der Waals surface area (Å²) in [5.41, 5.74) is 0. The third-order valence-corrected chi connectivity index (χ3v) is 22.8. The third kappa shape index (κ3) is 81.4. The van der Waals surface area contributed by atoms with Crippen molar-refractivity contribution in [3.8, 4) is 0 Å². The number of carboxylic acid groups (broad SMARTS) is 3. The first-order chi connectivity index (χ1) is 57.4. The van der Waals surface area contributed by atoms with Gasteiger partial charge in [0, 0.05) is 65.0 Å². The molecule has 0 aliphatic heterocycles. The highest BCUT2D eigenvalue weighted by atomic mass is 31.2. The van der Waals surface area contributed by atoms with Crippen molar-refractivity contribution in [3.05, 3.63) is 0 Å². The monoisotopic (exact) mass is 1740 g/mol. The lowest BCUT2D eigenvalue weighted by Crippen LogP contribution is -2.47. The Morgan fingerprint density at radius 2 is 0.487 bits per heavy atom. The summed E-state index contributed by atoms with van der Waals surface area (Å²) in [6.45, 7) is 1.11. The van der Waals surface area contributed by atoms with Gasteiger partial charge < -0.3 is 54.7 Å². The van der Waals surface area contributed by atoms with Crippen LogP contribution in [0.5, 0.6) is 0 Å². The minimum atomic E-state index is -4.87. The van der Waals surface area contributed by atoms with Crippen LogP contribution >= 0.6 is 15.6 Å². The van der Waals surface area contributed by atoms with E-state index in [2.05, 4.69) is 38.3 Å². The van der Waals surface area contributed by atoms with Crippen LogP contribution in [0.3, 0.4) is 0 Å². The van der Waals surface area contributed by atoms with Crippen molar-refractivity contribution in [3.63, 3.8) is 0 Å². The van der Waals surface area contributed by atoms with Crippen LogP contribution in [-0.4, -0.2) is 217 Å². The average Bonchev–Trinajstić information content (AvgIpc) is 0.912. The van der Waals surface area contributed by atoms with Crippen LogP contribution < -0.4 is 10.6 Å². The molecule has 0 aliphatic rings. The smallest absolute Gasteiger partial charge is 0.472 e. The molecule has 0 heterocycles. The molecule has 2 unspecified atom stereocenters. The number of hydrogen-bond donors (Lipinski definition) is 7. The van der Waals surface area contributed by atoms with Gasteiger partial charge in [0.1, 0.15) is 13.2 Å². The molecule has 119 heavy (non-hydrogen) atoms. The first-order valence-corrected chi connectivity index (χ1v) is 49.7. The number of carbonyl (C=O) groups is 9. The Labute approximate surface area is 716 Å². The van der Waals surface area contributed by atoms with Gasteiger partial charge in [-0.3, -0.25) is 75.9 Å². The van der Waals surface area contributed by atoms with Gasteiger partial charge in [-0.2, -0.15) is 0 Å². The minimum absolute atomic E-state index is 0.0866. The van der Waals surface area contributed by atoms with E-state index in [-0.39, 0.29) is 65.0 Å².